The van der Waals surface area contributed by atoms with Gasteiger partial charge in [0.1, 0.15) is 0 Å². The fourth-order valence-corrected chi connectivity index (χ4v) is 3.77. The molecule has 112 valence electrons. The highest BCUT2D eigenvalue weighted by molar-refractivity contribution is 5.25. The van der Waals surface area contributed by atoms with Gasteiger partial charge in [0.25, 0.3) is 0 Å². The van der Waals surface area contributed by atoms with E-state index in [9.17, 15) is 0 Å². The first-order chi connectivity index (χ1) is 9.40. The summed E-state index contributed by atoms with van der Waals surface area (Å²) in [4.78, 5) is 0. The van der Waals surface area contributed by atoms with E-state index in [0.717, 1.165) is 6.42 Å². The number of hydrogen-bond acceptors (Lipinski definition) is 1. The van der Waals surface area contributed by atoms with Gasteiger partial charge in [0.05, 0.1) is 0 Å². The van der Waals surface area contributed by atoms with Gasteiger partial charge in [-0.05, 0) is 47.6 Å². The van der Waals surface area contributed by atoms with E-state index in [2.05, 4.69) is 52.0 Å². The smallest absolute Gasteiger partial charge is 0.0113 e. The van der Waals surface area contributed by atoms with Crippen LogP contribution in [0.3, 0.4) is 0 Å². The van der Waals surface area contributed by atoms with Gasteiger partial charge in [-0.15, -0.1) is 0 Å². The number of nitrogens with two attached hydrogens (primary N) is 1. The van der Waals surface area contributed by atoms with E-state index in [1.54, 1.807) is 0 Å². The third-order valence-corrected chi connectivity index (χ3v) is 5.22. The van der Waals surface area contributed by atoms with E-state index in [1.807, 2.05) is 0 Å². The summed E-state index contributed by atoms with van der Waals surface area (Å²) in [7, 11) is 0. The molecule has 0 aliphatic heterocycles. The Kier molecular flexibility index (Phi) is 4.90. The molecule has 2 rings (SSSR count). The van der Waals surface area contributed by atoms with Crippen molar-refractivity contribution in [3.8, 4) is 0 Å². The highest BCUT2D eigenvalue weighted by Crippen LogP contribution is 2.42. The van der Waals surface area contributed by atoms with E-state index in [1.165, 1.54) is 36.8 Å². The van der Waals surface area contributed by atoms with E-state index < -0.39 is 0 Å². The van der Waals surface area contributed by atoms with Crippen molar-refractivity contribution in [2.45, 2.75) is 71.8 Å². The fraction of sp³-hybridized carbons (Fsp3) is 0.684. The lowest BCUT2D eigenvalue weighted by Gasteiger charge is -2.42. The maximum Gasteiger partial charge on any atom is 0.0113 e. The van der Waals surface area contributed by atoms with Crippen LogP contribution < -0.4 is 5.73 Å². The Morgan fingerprint density at radius 2 is 1.80 bits per heavy atom. The first kappa shape index (κ1) is 15.6. The topological polar surface area (TPSA) is 26.0 Å². The summed E-state index contributed by atoms with van der Waals surface area (Å²) in [6.07, 6.45) is 6.38. The van der Waals surface area contributed by atoms with Crippen LogP contribution in [-0.4, -0.2) is 6.04 Å². The van der Waals surface area contributed by atoms with Gasteiger partial charge in [0, 0.05) is 6.04 Å². The van der Waals surface area contributed by atoms with Gasteiger partial charge < -0.3 is 5.73 Å². The Hall–Kier alpha value is -0.820. The fourth-order valence-electron chi connectivity index (χ4n) is 3.77. The highest BCUT2D eigenvalue weighted by Gasteiger charge is 2.35. The van der Waals surface area contributed by atoms with Crippen LogP contribution in [-0.2, 0) is 6.42 Å². The van der Waals surface area contributed by atoms with Gasteiger partial charge in [0.15, 0.2) is 0 Å². The van der Waals surface area contributed by atoms with Crippen molar-refractivity contribution in [2.75, 3.05) is 0 Å². The standard InChI is InChI=1S/C19H31N/c1-14(2)16-10-8-15(9-11-16)13-18(20)17-7-5-6-12-19(17,3)4/h8-11,14,17-18H,5-7,12-13,20H2,1-4H3. The van der Waals surface area contributed by atoms with Crippen LogP contribution in [0, 0.1) is 11.3 Å². The third kappa shape index (κ3) is 3.63. The largest absolute Gasteiger partial charge is 0.327 e. The van der Waals surface area contributed by atoms with Gasteiger partial charge in [-0.2, -0.15) is 0 Å². The van der Waals surface area contributed by atoms with Gasteiger partial charge in [-0.25, -0.2) is 0 Å². The lowest BCUT2D eigenvalue weighted by Crippen LogP contribution is -2.42. The monoisotopic (exact) mass is 273 g/mol. The minimum atomic E-state index is 0.301. The molecule has 1 saturated carbocycles. The van der Waals surface area contributed by atoms with Gasteiger partial charge >= 0.3 is 0 Å². The molecule has 0 bridgehead atoms. The van der Waals surface area contributed by atoms with Crippen LogP contribution in [0.25, 0.3) is 0 Å². The summed E-state index contributed by atoms with van der Waals surface area (Å²) in [5.41, 5.74) is 9.78. The molecule has 1 aliphatic carbocycles. The van der Waals surface area contributed by atoms with Gasteiger partial charge in [0.2, 0.25) is 0 Å². The molecule has 1 aromatic carbocycles. The zero-order chi connectivity index (χ0) is 14.8. The molecule has 1 heteroatoms. The first-order valence-electron chi connectivity index (χ1n) is 8.24. The molecule has 2 N–H and O–H groups in total. The summed E-state index contributed by atoms with van der Waals surface area (Å²) >= 11 is 0. The van der Waals surface area contributed by atoms with Gasteiger partial charge in [-0.3, -0.25) is 0 Å². The molecule has 1 fully saturated rings. The van der Waals surface area contributed by atoms with Crippen molar-refractivity contribution >= 4 is 0 Å². The number of benzene rings is 1. The zero-order valence-corrected chi connectivity index (χ0v) is 13.7. The van der Waals surface area contributed by atoms with Crippen LogP contribution in [0.2, 0.25) is 0 Å². The average Bonchev–Trinajstić information content (AvgIpc) is 2.38. The molecule has 2 unspecified atom stereocenters. The second-order valence-corrected chi connectivity index (χ2v) is 7.61. The number of rotatable bonds is 4. The Bertz CT molecular complexity index is 416. The highest BCUT2D eigenvalue weighted by atomic mass is 14.7. The summed E-state index contributed by atoms with van der Waals surface area (Å²) < 4.78 is 0. The van der Waals surface area contributed by atoms with Crippen molar-refractivity contribution in [1.29, 1.82) is 0 Å². The predicted molar refractivity (Wildman–Crippen MR) is 87.9 cm³/mol. The van der Waals surface area contributed by atoms with E-state index in [-0.39, 0.29) is 0 Å². The van der Waals surface area contributed by atoms with Crippen LogP contribution >= 0.6 is 0 Å². The maximum atomic E-state index is 6.55. The minimum absolute atomic E-state index is 0.301. The summed E-state index contributed by atoms with van der Waals surface area (Å²) in [5.74, 6) is 1.27. The maximum absolute atomic E-state index is 6.55. The second kappa shape index (κ2) is 6.30. The van der Waals surface area contributed by atoms with Crippen molar-refractivity contribution in [2.24, 2.45) is 17.1 Å². The lowest BCUT2D eigenvalue weighted by molar-refractivity contribution is 0.112. The Balaban J connectivity index is 2.01. The molecular weight excluding hydrogens is 242 g/mol. The molecule has 0 amide bonds. The molecule has 0 heterocycles. The van der Waals surface area contributed by atoms with Crippen molar-refractivity contribution in [1.82, 2.24) is 0 Å². The Labute approximate surface area is 125 Å². The molecule has 20 heavy (non-hydrogen) atoms. The third-order valence-electron chi connectivity index (χ3n) is 5.22. The molecule has 1 nitrogen and oxygen atoms in total. The van der Waals surface area contributed by atoms with E-state index in [0.29, 0.717) is 23.3 Å². The first-order valence-corrected chi connectivity index (χ1v) is 8.24. The predicted octanol–water partition coefficient (Wildman–Crippen LogP) is 4.90. The zero-order valence-electron chi connectivity index (χ0n) is 13.7. The van der Waals surface area contributed by atoms with Crippen LogP contribution in [0.4, 0.5) is 0 Å². The molecule has 0 radical (unpaired) electrons. The normalized spacial score (nSPS) is 23.8. The van der Waals surface area contributed by atoms with Crippen LogP contribution in [0.1, 0.15) is 70.4 Å². The van der Waals surface area contributed by atoms with Crippen molar-refractivity contribution < 1.29 is 0 Å². The molecular formula is C19H31N. The molecule has 1 aliphatic rings. The molecule has 0 spiro atoms. The Morgan fingerprint density at radius 1 is 1.15 bits per heavy atom. The lowest BCUT2D eigenvalue weighted by atomic mass is 9.65. The van der Waals surface area contributed by atoms with Crippen molar-refractivity contribution in [3.63, 3.8) is 0 Å². The van der Waals surface area contributed by atoms with Crippen LogP contribution in [0.5, 0.6) is 0 Å². The summed E-state index contributed by atoms with van der Waals surface area (Å²) in [6.45, 7) is 9.29. The summed E-state index contributed by atoms with van der Waals surface area (Å²) in [5, 5.41) is 0. The number of hydrogen-bond donors (Lipinski definition) is 1. The molecule has 0 aromatic heterocycles. The molecule has 2 atom stereocenters. The molecule has 0 saturated heterocycles. The second-order valence-electron chi connectivity index (χ2n) is 7.61. The Morgan fingerprint density at radius 3 is 2.35 bits per heavy atom. The van der Waals surface area contributed by atoms with Crippen LogP contribution in [0.15, 0.2) is 24.3 Å². The van der Waals surface area contributed by atoms with E-state index in [4.69, 9.17) is 5.73 Å². The minimum Gasteiger partial charge on any atom is -0.327 e. The quantitative estimate of drug-likeness (QED) is 0.830. The van der Waals surface area contributed by atoms with Crippen molar-refractivity contribution in [3.05, 3.63) is 35.4 Å². The molecule has 1 aromatic rings. The van der Waals surface area contributed by atoms with Gasteiger partial charge in [-0.1, -0.05) is 64.8 Å². The summed E-state index contributed by atoms with van der Waals surface area (Å²) in [6, 6.07) is 9.36. The van der Waals surface area contributed by atoms with E-state index >= 15 is 0 Å². The average molecular weight is 273 g/mol. The SMILES string of the molecule is CC(C)c1ccc(CC(N)C2CCCCC2(C)C)cc1.